The molecule has 0 aliphatic rings. The number of pyridine rings is 1. The van der Waals surface area contributed by atoms with Crippen molar-refractivity contribution in [2.24, 2.45) is 4.99 Å². The molecule has 0 atom stereocenters. The predicted octanol–water partition coefficient (Wildman–Crippen LogP) is 3.06. The molecule has 0 aromatic carbocycles. The van der Waals surface area contributed by atoms with E-state index >= 15 is 0 Å². The van der Waals surface area contributed by atoms with Gasteiger partial charge in [-0.25, -0.2) is 4.98 Å². The van der Waals surface area contributed by atoms with E-state index in [1.807, 2.05) is 13.8 Å². The lowest BCUT2D eigenvalue weighted by Crippen LogP contribution is -2.39. The predicted molar refractivity (Wildman–Crippen MR) is 94.4 cm³/mol. The molecule has 0 aliphatic heterocycles. The molecule has 2 N–H and O–H groups in total. The summed E-state index contributed by atoms with van der Waals surface area (Å²) >= 11 is 0. The monoisotopic (exact) mass is 446 g/mol. The van der Waals surface area contributed by atoms with Crippen LogP contribution in [0.15, 0.2) is 23.3 Å². The van der Waals surface area contributed by atoms with Crippen molar-refractivity contribution in [2.75, 3.05) is 26.2 Å². The second-order valence-corrected chi connectivity index (χ2v) is 4.39. The fraction of sp³-hybridized carbons (Fsp3) is 0.571. The second kappa shape index (κ2) is 11.3. The lowest BCUT2D eigenvalue weighted by atomic mass is 10.2. The highest BCUT2D eigenvalue weighted by Crippen LogP contribution is 2.34. The van der Waals surface area contributed by atoms with Gasteiger partial charge < -0.3 is 15.4 Å². The number of nitrogens with one attached hydrogen (secondary N) is 2. The average molecular weight is 446 g/mol. The van der Waals surface area contributed by atoms with Gasteiger partial charge in [0.2, 0.25) is 5.88 Å². The zero-order valence-corrected chi connectivity index (χ0v) is 15.4. The molecule has 1 aromatic heterocycles. The van der Waals surface area contributed by atoms with Gasteiger partial charge in [-0.3, -0.25) is 4.99 Å². The Bertz CT molecular complexity index is 483. The van der Waals surface area contributed by atoms with Crippen LogP contribution in [0.2, 0.25) is 0 Å². The van der Waals surface area contributed by atoms with Crippen LogP contribution in [0.1, 0.15) is 25.8 Å². The number of nitrogens with zero attached hydrogens (tertiary/aromatic N) is 2. The van der Waals surface area contributed by atoms with Gasteiger partial charge in [0.25, 0.3) is 0 Å². The minimum atomic E-state index is -4.48. The smallest absolute Gasteiger partial charge is 0.421 e. The summed E-state index contributed by atoms with van der Waals surface area (Å²) in [4.78, 5) is 7.91. The van der Waals surface area contributed by atoms with Crippen LogP contribution in [0.3, 0.4) is 0 Å². The van der Waals surface area contributed by atoms with Crippen molar-refractivity contribution in [3.05, 3.63) is 23.9 Å². The van der Waals surface area contributed by atoms with Crippen molar-refractivity contribution < 1.29 is 17.9 Å². The number of aromatic nitrogens is 1. The van der Waals surface area contributed by atoms with Gasteiger partial charge in [0, 0.05) is 19.3 Å². The number of rotatable bonds is 7. The third-order valence-corrected chi connectivity index (χ3v) is 2.55. The van der Waals surface area contributed by atoms with E-state index in [9.17, 15) is 13.2 Å². The normalized spacial score (nSPS) is 11.6. The summed E-state index contributed by atoms with van der Waals surface area (Å²) in [7, 11) is 0. The third kappa shape index (κ3) is 8.24. The summed E-state index contributed by atoms with van der Waals surface area (Å²) in [6.45, 7) is 5.70. The maximum Gasteiger partial charge on any atom is 0.421 e. The van der Waals surface area contributed by atoms with E-state index in [0.29, 0.717) is 25.6 Å². The van der Waals surface area contributed by atoms with Crippen LogP contribution in [0, 0.1) is 0 Å². The molecular formula is C14H22F3IN4O. The first kappa shape index (κ1) is 21.7. The highest BCUT2D eigenvalue weighted by molar-refractivity contribution is 14.0. The van der Waals surface area contributed by atoms with Crippen molar-refractivity contribution in [3.8, 4) is 5.88 Å². The van der Waals surface area contributed by atoms with Gasteiger partial charge in [-0.05, 0) is 25.5 Å². The summed E-state index contributed by atoms with van der Waals surface area (Å²) in [5.74, 6) is 0.206. The van der Waals surface area contributed by atoms with E-state index < -0.39 is 17.6 Å². The van der Waals surface area contributed by atoms with E-state index in [4.69, 9.17) is 4.74 Å². The maximum absolute atomic E-state index is 12.8. The highest BCUT2D eigenvalue weighted by Gasteiger charge is 2.34. The molecule has 0 radical (unpaired) electrons. The van der Waals surface area contributed by atoms with Gasteiger partial charge in [0.1, 0.15) is 12.2 Å². The fourth-order valence-corrected chi connectivity index (χ4v) is 1.60. The van der Waals surface area contributed by atoms with Crippen molar-refractivity contribution in [2.45, 2.75) is 26.4 Å². The van der Waals surface area contributed by atoms with Gasteiger partial charge in [-0.2, -0.15) is 13.2 Å². The molecule has 1 rings (SSSR count). The summed E-state index contributed by atoms with van der Waals surface area (Å²) in [6.07, 6.45) is -2.30. The number of halogens is 4. The Balaban J connectivity index is 0.00000484. The van der Waals surface area contributed by atoms with Crippen molar-refractivity contribution >= 4 is 29.9 Å². The molecule has 1 heterocycles. The van der Waals surface area contributed by atoms with E-state index in [0.717, 1.165) is 12.5 Å². The number of guanidine groups is 1. The minimum absolute atomic E-state index is 0. The summed E-state index contributed by atoms with van der Waals surface area (Å²) < 4.78 is 43.4. The van der Waals surface area contributed by atoms with Crippen molar-refractivity contribution in [1.82, 2.24) is 15.6 Å². The van der Waals surface area contributed by atoms with Crippen LogP contribution in [-0.2, 0) is 6.18 Å². The van der Waals surface area contributed by atoms with Crippen LogP contribution >= 0.6 is 24.0 Å². The first-order chi connectivity index (χ1) is 10.5. The van der Waals surface area contributed by atoms with Gasteiger partial charge in [-0.15, -0.1) is 24.0 Å². The molecule has 9 heteroatoms. The highest BCUT2D eigenvalue weighted by atomic mass is 127. The number of aliphatic imine (C=N–C) groups is 1. The van der Waals surface area contributed by atoms with Crippen LogP contribution in [-0.4, -0.2) is 37.2 Å². The lowest BCUT2D eigenvalue weighted by Gasteiger charge is -2.14. The van der Waals surface area contributed by atoms with Gasteiger partial charge >= 0.3 is 6.18 Å². The van der Waals surface area contributed by atoms with E-state index in [1.54, 1.807) is 0 Å². The Kier molecular flexibility index (Phi) is 10.7. The van der Waals surface area contributed by atoms with Crippen molar-refractivity contribution in [1.29, 1.82) is 0 Å². The van der Waals surface area contributed by atoms with Crippen LogP contribution in [0.25, 0.3) is 0 Å². The molecule has 0 aliphatic carbocycles. The van der Waals surface area contributed by atoms with Crippen LogP contribution in [0.4, 0.5) is 13.2 Å². The number of alkyl halides is 3. The molecular weight excluding hydrogens is 424 g/mol. The fourth-order valence-electron chi connectivity index (χ4n) is 1.60. The quantitative estimate of drug-likeness (QED) is 0.293. The SMILES string of the molecule is CCCN=C(NCC)NCCOc1ncccc1C(F)(F)F.I. The minimum Gasteiger partial charge on any atom is -0.475 e. The molecule has 0 fully saturated rings. The first-order valence-electron chi connectivity index (χ1n) is 7.16. The first-order valence-corrected chi connectivity index (χ1v) is 7.16. The van der Waals surface area contributed by atoms with E-state index in [-0.39, 0.29) is 30.6 Å². The molecule has 23 heavy (non-hydrogen) atoms. The third-order valence-electron chi connectivity index (χ3n) is 2.55. The van der Waals surface area contributed by atoms with Gasteiger partial charge in [0.15, 0.2) is 5.96 Å². The lowest BCUT2D eigenvalue weighted by molar-refractivity contribution is -0.139. The molecule has 1 aromatic rings. The Labute approximate surface area is 151 Å². The maximum atomic E-state index is 12.8. The Morgan fingerprint density at radius 2 is 2.04 bits per heavy atom. The molecule has 0 spiro atoms. The second-order valence-electron chi connectivity index (χ2n) is 4.39. The molecule has 132 valence electrons. The van der Waals surface area contributed by atoms with Crippen LogP contribution in [0.5, 0.6) is 5.88 Å². The van der Waals surface area contributed by atoms with Gasteiger partial charge in [0.05, 0.1) is 6.54 Å². The zero-order chi connectivity index (χ0) is 16.4. The zero-order valence-electron chi connectivity index (χ0n) is 13.1. The molecule has 5 nitrogen and oxygen atoms in total. The Morgan fingerprint density at radius 3 is 2.65 bits per heavy atom. The van der Waals surface area contributed by atoms with E-state index in [1.165, 1.54) is 12.3 Å². The number of hydrogen-bond acceptors (Lipinski definition) is 3. The summed E-state index contributed by atoms with van der Waals surface area (Å²) in [5, 5.41) is 6.03. The molecule has 0 saturated heterocycles. The largest absolute Gasteiger partial charge is 0.475 e. The summed E-state index contributed by atoms with van der Waals surface area (Å²) in [5.41, 5.74) is -0.874. The Morgan fingerprint density at radius 1 is 1.30 bits per heavy atom. The number of hydrogen-bond donors (Lipinski definition) is 2. The molecule has 0 unspecified atom stereocenters. The van der Waals surface area contributed by atoms with Gasteiger partial charge in [-0.1, -0.05) is 6.92 Å². The average Bonchev–Trinajstić information content (AvgIpc) is 2.48. The number of ether oxygens (including phenoxy) is 1. The summed E-state index contributed by atoms with van der Waals surface area (Å²) in [6, 6.07) is 2.18. The van der Waals surface area contributed by atoms with E-state index in [2.05, 4.69) is 20.6 Å². The molecule has 0 bridgehead atoms. The van der Waals surface area contributed by atoms with Crippen LogP contribution < -0.4 is 15.4 Å². The Hall–Kier alpha value is -1.26. The standard InChI is InChI=1S/C14H21F3N4O.HI/c1-3-7-20-13(18-4-2)21-9-10-22-12-11(14(15,16)17)6-5-8-19-12;/h5-6,8H,3-4,7,9-10H2,1-2H3,(H2,18,20,21);1H. The molecule has 0 amide bonds. The topological polar surface area (TPSA) is 58.5 Å². The van der Waals surface area contributed by atoms with Crippen molar-refractivity contribution in [3.63, 3.8) is 0 Å². The molecule has 0 saturated carbocycles.